The second kappa shape index (κ2) is 7.64. The van der Waals surface area contributed by atoms with Crippen molar-refractivity contribution in [2.75, 3.05) is 26.9 Å². The smallest absolute Gasteiger partial charge is 0.252 e. The molecule has 3 nitrogen and oxygen atoms in total. The number of carbonyl (C=O) groups is 1. The summed E-state index contributed by atoms with van der Waals surface area (Å²) in [6.07, 6.45) is 1.99. The van der Waals surface area contributed by atoms with E-state index in [4.69, 9.17) is 0 Å². The number of thiophene rings is 1. The van der Waals surface area contributed by atoms with Gasteiger partial charge in [0.1, 0.15) is 6.04 Å². The standard InChI is InChI=1S/C16H20N2OS2/c1-18(2)13(15-9-6-10-21-15)11-17-16(19)12-7-4-5-8-14(12)20-3/h4-10,13H,11H2,1-3H3,(H,17,19)/p+1/t13-/m0/s1. The largest absolute Gasteiger partial charge is 0.346 e. The van der Waals surface area contributed by atoms with Crippen molar-refractivity contribution in [2.24, 2.45) is 0 Å². The lowest BCUT2D eigenvalue weighted by Crippen LogP contribution is -3.06. The van der Waals surface area contributed by atoms with Gasteiger partial charge in [0.2, 0.25) is 0 Å². The van der Waals surface area contributed by atoms with E-state index >= 15 is 0 Å². The van der Waals surface area contributed by atoms with E-state index in [0.29, 0.717) is 6.54 Å². The number of quaternary nitrogens is 1. The van der Waals surface area contributed by atoms with Crippen molar-refractivity contribution in [3.05, 3.63) is 52.2 Å². The molecule has 0 aliphatic carbocycles. The molecule has 2 rings (SSSR count). The fourth-order valence-electron chi connectivity index (χ4n) is 2.20. The van der Waals surface area contributed by atoms with Crippen molar-refractivity contribution < 1.29 is 9.69 Å². The Balaban J connectivity index is 2.06. The highest BCUT2D eigenvalue weighted by Crippen LogP contribution is 2.20. The fraction of sp³-hybridized carbons (Fsp3) is 0.312. The third-order valence-corrected chi connectivity index (χ3v) is 5.18. The molecule has 2 N–H and O–H groups in total. The highest BCUT2D eigenvalue weighted by atomic mass is 32.2. The molecular weight excluding hydrogens is 300 g/mol. The Labute approximate surface area is 134 Å². The number of hydrogen-bond donors (Lipinski definition) is 2. The van der Waals surface area contributed by atoms with E-state index in [-0.39, 0.29) is 11.9 Å². The van der Waals surface area contributed by atoms with Crippen LogP contribution in [0.1, 0.15) is 21.3 Å². The highest BCUT2D eigenvalue weighted by molar-refractivity contribution is 7.98. The van der Waals surface area contributed by atoms with Crippen LogP contribution in [0, 0.1) is 0 Å². The molecule has 112 valence electrons. The van der Waals surface area contributed by atoms with Crippen molar-refractivity contribution >= 4 is 29.0 Å². The van der Waals surface area contributed by atoms with Gasteiger partial charge in [-0.15, -0.1) is 23.1 Å². The zero-order chi connectivity index (χ0) is 15.2. The Kier molecular flexibility index (Phi) is 5.85. The number of amides is 1. The average molecular weight is 321 g/mol. The first-order chi connectivity index (χ1) is 10.1. The Morgan fingerprint density at radius 1 is 1.29 bits per heavy atom. The Morgan fingerprint density at radius 2 is 2.05 bits per heavy atom. The predicted molar refractivity (Wildman–Crippen MR) is 90.4 cm³/mol. The molecular formula is C16H21N2OS2+. The van der Waals surface area contributed by atoms with Crippen LogP contribution in [0.4, 0.5) is 0 Å². The van der Waals surface area contributed by atoms with Gasteiger partial charge in [-0.25, -0.2) is 0 Å². The van der Waals surface area contributed by atoms with E-state index in [9.17, 15) is 4.79 Å². The van der Waals surface area contributed by atoms with Crippen LogP contribution in [0.2, 0.25) is 0 Å². The van der Waals surface area contributed by atoms with E-state index in [2.05, 4.69) is 36.9 Å². The molecule has 0 radical (unpaired) electrons. The number of likely N-dealkylation sites (N-methyl/N-ethyl adjacent to an activating group) is 1. The molecule has 1 amide bonds. The van der Waals surface area contributed by atoms with E-state index in [1.165, 1.54) is 9.78 Å². The molecule has 1 atom stereocenters. The second-order valence-electron chi connectivity index (χ2n) is 5.06. The summed E-state index contributed by atoms with van der Waals surface area (Å²) in [5, 5.41) is 5.16. The molecule has 0 spiro atoms. The summed E-state index contributed by atoms with van der Waals surface area (Å²) in [5.41, 5.74) is 0.753. The normalized spacial score (nSPS) is 12.4. The summed E-state index contributed by atoms with van der Waals surface area (Å²) in [4.78, 5) is 16.0. The minimum absolute atomic E-state index is 0.00255. The fourth-order valence-corrected chi connectivity index (χ4v) is 3.75. The van der Waals surface area contributed by atoms with Gasteiger partial charge in [0.25, 0.3) is 5.91 Å². The van der Waals surface area contributed by atoms with Crippen molar-refractivity contribution in [1.82, 2.24) is 5.32 Å². The van der Waals surface area contributed by atoms with Gasteiger partial charge in [-0.05, 0) is 29.8 Å². The van der Waals surface area contributed by atoms with Gasteiger partial charge < -0.3 is 10.2 Å². The SMILES string of the molecule is CSc1ccccc1C(=O)NC[C@@H](c1cccs1)[NH+](C)C. The van der Waals surface area contributed by atoms with Gasteiger partial charge in [-0.2, -0.15) is 0 Å². The number of rotatable bonds is 6. The molecule has 1 aromatic carbocycles. The van der Waals surface area contributed by atoms with Gasteiger partial charge in [0, 0.05) is 4.90 Å². The maximum absolute atomic E-state index is 12.4. The first-order valence-electron chi connectivity index (χ1n) is 6.88. The van der Waals surface area contributed by atoms with E-state index < -0.39 is 0 Å². The number of benzene rings is 1. The third-order valence-electron chi connectivity index (χ3n) is 3.40. The van der Waals surface area contributed by atoms with Gasteiger partial charge in [0.15, 0.2) is 0 Å². The summed E-state index contributed by atoms with van der Waals surface area (Å²) < 4.78 is 0. The molecule has 0 saturated heterocycles. The first-order valence-corrected chi connectivity index (χ1v) is 8.98. The molecule has 21 heavy (non-hydrogen) atoms. The number of nitrogens with one attached hydrogen (secondary N) is 2. The molecule has 0 bridgehead atoms. The highest BCUT2D eigenvalue weighted by Gasteiger charge is 2.20. The molecule has 2 aromatic rings. The number of thioether (sulfide) groups is 1. The molecule has 1 aromatic heterocycles. The minimum atomic E-state index is 0.00255. The van der Waals surface area contributed by atoms with Crippen molar-refractivity contribution in [1.29, 1.82) is 0 Å². The van der Waals surface area contributed by atoms with Gasteiger partial charge in [-0.3, -0.25) is 4.79 Å². The lowest BCUT2D eigenvalue weighted by atomic mass is 10.2. The minimum Gasteiger partial charge on any atom is -0.346 e. The van der Waals surface area contributed by atoms with E-state index in [1.54, 1.807) is 23.1 Å². The van der Waals surface area contributed by atoms with E-state index in [1.807, 2.05) is 30.5 Å². The maximum Gasteiger partial charge on any atom is 0.252 e. The zero-order valence-corrected chi connectivity index (χ0v) is 14.2. The lowest BCUT2D eigenvalue weighted by Gasteiger charge is -2.21. The lowest BCUT2D eigenvalue weighted by molar-refractivity contribution is -0.890. The Hall–Kier alpha value is -1.30. The maximum atomic E-state index is 12.4. The number of hydrogen-bond acceptors (Lipinski definition) is 3. The van der Waals surface area contributed by atoms with Gasteiger partial charge in [0.05, 0.1) is 31.1 Å². The van der Waals surface area contributed by atoms with Crippen molar-refractivity contribution in [2.45, 2.75) is 10.9 Å². The molecule has 1 heterocycles. The molecule has 0 fully saturated rings. The average Bonchev–Trinajstić information content (AvgIpc) is 3.01. The van der Waals surface area contributed by atoms with Crippen LogP contribution in [0.15, 0.2) is 46.7 Å². The summed E-state index contributed by atoms with van der Waals surface area (Å²) in [6, 6.07) is 12.2. The predicted octanol–water partition coefficient (Wildman–Crippen LogP) is 2.09. The summed E-state index contributed by atoms with van der Waals surface area (Å²) in [6.45, 7) is 0.643. The molecule has 0 aliphatic rings. The Morgan fingerprint density at radius 3 is 2.67 bits per heavy atom. The van der Waals surface area contributed by atoms with E-state index in [0.717, 1.165) is 10.5 Å². The number of carbonyl (C=O) groups excluding carboxylic acids is 1. The van der Waals surface area contributed by atoms with Crippen molar-refractivity contribution in [3.63, 3.8) is 0 Å². The first kappa shape index (κ1) is 16.1. The third kappa shape index (κ3) is 4.09. The van der Waals surface area contributed by atoms with Crippen LogP contribution in [0.25, 0.3) is 0 Å². The van der Waals surface area contributed by atoms with Crippen LogP contribution in [-0.2, 0) is 0 Å². The summed E-state index contributed by atoms with van der Waals surface area (Å²) in [7, 11) is 4.23. The Bertz CT molecular complexity index is 582. The molecule has 5 heteroatoms. The van der Waals surface area contributed by atoms with Gasteiger partial charge in [-0.1, -0.05) is 18.2 Å². The summed E-state index contributed by atoms with van der Waals surface area (Å²) in [5.74, 6) is 0.00255. The van der Waals surface area contributed by atoms with Crippen LogP contribution in [0.3, 0.4) is 0 Å². The van der Waals surface area contributed by atoms with Crippen LogP contribution in [0.5, 0.6) is 0 Å². The van der Waals surface area contributed by atoms with Crippen molar-refractivity contribution in [3.8, 4) is 0 Å². The van der Waals surface area contributed by atoms with Gasteiger partial charge >= 0.3 is 0 Å². The summed E-state index contributed by atoms with van der Waals surface area (Å²) >= 11 is 3.34. The molecule has 0 saturated carbocycles. The molecule has 0 aliphatic heterocycles. The monoisotopic (exact) mass is 321 g/mol. The topological polar surface area (TPSA) is 33.5 Å². The van der Waals surface area contributed by atoms with Crippen LogP contribution < -0.4 is 10.2 Å². The second-order valence-corrected chi connectivity index (χ2v) is 6.88. The van der Waals surface area contributed by atoms with Crippen LogP contribution in [-0.4, -0.2) is 32.8 Å². The van der Waals surface area contributed by atoms with Crippen LogP contribution >= 0.6 is 23.1 Å². The molecule has 0 unspecified atom stereocenters. The zero-order valence-electron chi connectivity index (χ0n) is 12.6. The quantitative estimate of drug-likeness (QED) is 0.799.